The average Bonchev–Trinajstić information content (AvgIpc) is 2.56. The molecule has 1 atom stereocenters. The van der Waals surface area contributed by atoms with Crippen LogP contribution >= 0.6 is 0 Å². The molecule has 0 fully saturated rings. The maximum Gasteiger partial charge on any atom is 0.238 e. The fourth-order valence-corrected chi connectivity index (χ4v) is 2.08. The van der Waals surface area contributed by atoms with Crippen LogP contribution < -0.4 is 11.1 Å². The molecule has 2 aromatic carbocycles. The molecule has 0 saturated heterocycles. The van der Waals surface area contributed by atoms with E-state index in [1.54, 1.807) is 13.2 Å². The minimum Gasteiger partial charge on any atom is -0.377 e. The first-order valence-corrected chi connectivity index (χ1v) is 6.97. The molecule has 0 heterocycles. The number of anilines is 1. The number of hydrogen-bond acceptors (Lipinski definition) is 3. The molecular weight excluding hydrogens is 283 g/mol. The molecule has 1 unspecified atom stereocenters. The Hall–Kier alpha value is -2.24. The zero-order valence-electron chi connectivity index (χ0n) is 12.6. The van der Waals surface area contributed by atoms with Gasteiger partial charge in [-0.15, -0.1) is 0 Å². The summed E-state index contributed by atoms with van der Waals surface area (Å²) in [6.45, 7) is 1.78. The molecule has 0 radical (unpaired) electrons. The van der Waals surface area contributed by atoms with Crippen molar-refractivity contribution in [1.29, 1.82) is 0 Å². The third-order valence-electron chi connectivity index (χ3n) is 3.50. The molecule has 116 valence electrons. The fourth-order valence-electron chi connectivity index (χ4n) is 2.08. The Balaban J connectivity index is 2.22. The summed E-state index contributed by atoms with van der Waals surface area (Å²) >= 11 is 0. The third-order valence-corrected chi connectivity index (χ3v) is 3.50. The Morgan fingerprint density at radius 1 is 1.23 bits per heavy atom. The van der Waals surface area contributed by atoms with Gasteiger partial charge >= 0.3 is 0 Å². The number of methoxy groups -OCH3 is 1. The largest absolute Gasteiger partial charge is 0.377 e. The Morgan fingerprint density at radius 2 is 1.86 bits per heavy atom. The highest BCUT2D eigenvalue weighted by Gasteiger charge is 2.09. The molecule has 0 aliphatic carbocycles. The maximum atomic E-state index is 14.0. The summed E-state index contributed by atoms with van der Waals surface area (Å²) in [5.41, 5.74) is 8.01. The minimum atomic E-state index is -0.492. The number of carbonyl (C=O) groups excluding carboxylic acids is 1. The van der Waals surface area contributed by atoms with E-state index in [9.17, 15) is 9.18 Å². The summed E-state index contributed by atoms with van der Waals surface area (Å²) in [5, 5.41) is 2.41. The highest BCUT2D eigenvalue weighted by molar-refractivity contribution is 5.92. The van der Waals surface area contributed by atoms with E-state index in [0.717, 1.165) is 16.7 Å². The van der Waals surface area contributed by atoms with Crippen LogP contribution in [0.1, 0.15) is 18.6 Å². The topological polar surface area (TPSA) is 64.3 Å². The minimum absolute atomic E-state index is 0.0136. The number of benzene rings is 2. The normalized spacial score (nSPS) is 12.0. The summed E-state index contributed by atoms with van der Waals surface area (Å²) in [4.78, 5) is 11.2. The van der Waals surface area contributed by atoms with Gasteiger partial charge in [-0.05, 0) is 35.7 Å². The van der Waals surface area contributed by atoms with Gasteiger partial charge in [0.2, 0.25) is 5.91 Å². The van der Waals surface area contributed by atoms with Gasteiger partial charge in [0.25, 0.3) is 0 Å². The van der Waals surface area contributed by atoms with E-state index in [4.69, 9.17) is 10.5 Å². The fraction of sp³-hybridized carbons (Fsp3) is 0.235. The molecule has 0 spiro atoms. The van der Waals surface area contributed by atoms with Crippen LogP contribution in [-0.2, 0) is 9.53 Å². The quantitative estimate of drug-likeness (QED) is 0.892. The van der Waals surface area contributed by atoms with Gasteiger partial charge in [-0.1, -0.05) is 30.3 Å². The predicted octanol–water partition coefficient (Wildman–Crippen LogP) is 3.10. The van der Waals surface area contributed by atoms with Gasteiger partial charge in [-0.2, -0.15) is 0 Å². The number of carbonyl (C=O) groups is 1. The van der Waals surface area contributed by atoms with E-state index in [1.165, 1.54) is 12.1 Å². The van der Waals surface area contributed by atoms with Crippen molar-refractivity contribution < 1.29 is 13.9 Å². The zero-order valence-corrected chi connectivity index (χ0v) is 12.6. The van der Waals surface area contributed by atoms with Crippen molar-refractivity contribution in [3.05, 3.63) is 53.8 Å². The van der Waals surface area contributed by atoms with Crippen LogP contribution in [0.15, 0.2) is 42.5 Å². The van der Waals surface area contributed by atoms with Crippen molar-refractivity contribution in [2.24, 2.45) is 5.73 Å². The Bertz CT molecular complexity index is 656. The van der Waals surface area contributed by atoms with Gasteiger partial charge in [0.1, 0.15) is 5.82 Å². The predicted molar refractivity (Wildman–Crippen MR) is 84.9 cm³/mol. The maximum absolute atomic E-state index is 14.0. The number of nitrogens with two attached hydrogens (primary N) is 1. The van der Waals surface area contributed by atoms with Crippen LogP contribution in [0.2, 0.25) is 0 Å². The molecule has 0 aliphatic heterocycles. The number of ether oxygens (including phenoxy) is 1. The van der Waals surface area contributed by atoms with E-state index >= 15 is 0 Å². The molecule has 2 rings (SSSR count). The van der Waals surface area contributed by atoms with Crippen LogP contribution in [0.4, 0.5) is 10.1 Å². The van der Waals surface area contributed by atoms with Gasteiger partial charge < -0.3 is 15.8 Å². The van der Waals surface area contributed by atoms with E-state index in [-0.39, 0.29) is 18.3 Å². The second-order valence-electron chi connectivity index (χ2n) is 4.95. The first-order chi connectivity index (χ1) is 10.5. The monoisotopic (exact) mass is 302 g/mol. The Kier molecular flexibility index (Phi) is 5.25. The first kappa shape index (κ1) is 16.1. The van der Waals surface area contributed by atoms with E-state index in [0.29, 0.717) is 0 Å². The van der Waals surface area contributed by atoms with Gasteiger partial charge in [-0.25, -0.2) is 4.39 Å². The van der Waals surface area contributed by atoms with Crippen LogP contribution in [-0.4, -0.2) is 19.6 Å². The van der Waals surface area contributed by atoms with E-state index in [1.807, 2.05) is 31.2 Å². The summed E-state index contributed by atoms with van der Waals surface area (Å²) in [6.07, 6.45) is 0.0136. The van der Waals surface area contributed by atoms with Crippen molar-refractivity contribution in [2.75, 3.05) is 19.0 Å². The van der Waals surface area contributed by atoms with Crippen molar-refractivity contribution in [2.45, 2.75) is 13.0 Å². The average molecular weight is 302 g/mol. The van der Waals surface area contributed by atoms with Gasteiger partial charge in [0.15, 0.2) is 0 Å². The molecular formula is C17H19FN2O2. The SMILES string of the molecule is COC(C)c1ccc(-c2ccc(NC(=O)CN)c(F)c2)cc1. The van der Waals surface area contributed by atoms with E-state index < -0.39 is 11.7 Å². The second kappa shape index (κ2) is 7.15. The summed E-state index contributed by atoms with van der Waals surface area (Å²) in [6, 6.07) is 12.4. The standard InChI is InChI=1S/C17H19FN2O2/c1-11(22-2)12-3-5-13(6-4-12)14-7-8-16(15(18)9-14)20-17(21)10-19/h3-9,11H,10,19H2,1-2H3,(H,20,21). The lowest BCUT2D eigenvalue weighted by Gasteiger charge is -2.11. The number of halogens is 1. The summed E-state index contributed by atoms with van der Waals surface area (Å²) in [5.74, 6) is -0.918. The molecule has 0 aromatic heterocycles. The summed E-state index contributed by atoms with van der Waals surface area (Å²) in [7, 11) is 1.66. The van der Waals surface area contributed by atoms with Crippen LogP contribution in [0.3, 0.4) is 0 Å². The molecule has 4 nitrogen and oxygen atoms in total. The number of nitrogens with one attached hydrogen (secondary N) is 1. The zero-order chi connectivity index (χ0) is 16.1. The molecule has 5 heteroatoms. The molecule has 1 amide bonds. The molecule has 22 heavy (non-hydrogen) atoms. The lowest BCUT2D eigenvalue weighted by Crippen LogP contribution is -2.22. The van der Waals surface area contributed by atoms with Gasteiger partial charge in [-0.3, -0.25) is 4.79 Å². The van der Waals surface area contributed by atoms with Crippen LogP contribution in [0, 0.1) is 5.82 Å². The number of rotatable bonds is 5. The first-order valence-electron chi connectivity index (χ1n) is 6.97. The molecule has 0 saturated carbocycles. The molecule has 3 N–H and O–H groups in total. The number of amides is 1. The van der Waals surface area contributed by atoms with Crippen LogP contribution in [0.25, 0.3) is 11.1 Å². The molecule has 0 bridgehead atoms. The van der Waals surface area contributed by atoms with Crippen molar-refractivity contribution in [1.82, 2.24) is 0 Å². The van der Waals surface area contributed by atoms with Crippen molar-refractivity contribution >= 4 is 11.6 Å². The lowest BCUT2D eigenvalue weighted by molar-refractivity contribution is -0.114. The summed E-state index contributed by atoms with van der Waals surface area (Å²) < 4.78 is 19.3. The second-order valence-corrected chi connectivity index (χ2v) is 4.95. The lowest BCUT2D eigenvalue weighted by atomic mass is 10.0. The smallest absolute Gasteiger partial charge is 0.238 e. The highest BCUT2D eigenvalue weighted by atomic mass is 19.1. The van der Waals surface area contributed by atoms with Crippen molar-refractivity contribution in [3.8, 4) is 11.1 Å². The van der Waals surface area contributed by atoms with Crippen molar-refractivity contribution in [3.63, 3.8) is 0 Å². The van der Waals surface area contributed by atoms with E-state index in [2.05, 4.69) is 5.32 Å². The highest BCUT2D eigenvalue weighted by Crippen LogP contribution is 2.26. The van der Waals surface area contributed by atoms with Gasteiger partial charge in [0, 0.05) is 7.11 Å². The Morgan fingerprint density at radius 3 is 2.41 bits per heavy atom. The third kappa shape index (κ3) is 3.69. The van der Waals surface area contributed by atoms with Gasteiger partial charge in [0.05, 0.1) is 18.3 Å². The molecule has 0 aliphatic rings. The number of hydrogen-bond donors (Lipinski definition) is 2. The Labute approximate surface area is 129 Å². The molecule has 2 aromatic rings. The van der Waals surface area contributed by atoms with Crippen LogP contribution in [0.5, 0.6) is 0 Å².